The van der Waals surface area contributed by atoms with Gasteiger partial charge in [0.05, 0.1) is 0 Å². The average molecular weight is 329 g/mol. The van der Waals surface area contributed by atoms with Gasteiger partial charge in [-0.25, -0.2) is 4.98 Å². The van der Waals surface area contributed by atoms with Gasteiger partial charge in [-0.05, 0) is 35.2 Å². The Labute approximate surface area is 146 Å². The minimum atomic E-state index is 0.723. The summed E-state index contributed by atoms with van der Waals surface area (Å²) in [6.45, 7) is 4.06. The molecule has 0 bridgehead atoms. The smallest absolute Gasteiger partial charge is 0.130 e. The van der Waals surface area contributed by atoms with Gasteiger partial charge in [-0.1, -0.05) is 18.7 Å². The van der Waals surface area contributed by atoms with Gasteiger partial charge in [0.15, 0.2) is 0 Å². The number of allylic oxidation sites excluding steroid dienone is 1. The Balaban J connectivity index is 1.92. The summed E-state index contributed by atoms with van der Waals surface area (Å²) in [7, 11) is 1.82. The van der Waals surface area contributed by atoms with E-state index in [1.54, 1.807) is 18.6 Å². The van der Waals surface area contributed by atoms with E-state index < -0.39 is 0 Å². The molecule has 0 saturated carbocycles. The number of nitrogens with zero attached hydrogens (tertiary/aromatic N) is 2. The lowest BCUT2D eigenvalue weighted by atomic mass is 10.0. The van der Waals surface area contributed by atoms with E-state index in [1.807, 2.05) is 49.6 Å². The molecule has 2 heterocycles. The lowest BCUT2D eigenvalue weighted by Crippen LogP contribution is -2.00. The summed E-state index contributed by atoms with van der Waals surface area (Å²) in [6.07, 6.45) is 8.43. The van der Waals surface area contributed by atoms with Gasteiger partial charge < -0.3 is 16.0 Å². The number of fused-ring (bicyclic) bond motifs is 1. The Bertz CT molecular complexity index is 945. The van der Waals surface area contributed by atoms with E-state index in [-0.39, 0.29) is 0 Å². The van der Waals surface area contributed by atoms with Gasteiger partial charge in [-0.3, -0.25) is 4.98 Å². The normalized spacial score (nSPS) is 11.2. The standard InChI is InChI=1S/C20H19N5/c1-14(15-5-7-23-8-6-15)25-20-10-18-9-16(19(11-21)12-22-2)3-4-17(18)13-24-20/h3-13,21-22H,1H2,2H3,(H,24,25)/b19-12+,21-11?. The Morgan fingerprint density at radius 2 is 1.88 bits per heavy atom. The first-order valence-electron chi connectivity index (χ1n) is 7.85. The second kappa shape index (κ2) is 7.40. The van der Waals surface area contributed by atoms with Crippen LogP contribution in [0.2, 0.25) is 0 Å². The molecule has 0 aliphatic carbocycles. The molecule has 0 unspecified atom stereocenters. The van der Waals surface area contributed by atoms with Gasteiger partial charge in [-0.2, -0.15) is 0 Å². The van der Waals surface area contributed by atoms with E-state index in [1.165, 1.54) is 6.21 Å². The number of anilines is 1. The van der Waals surface area contributed by atoms with Gasteiger partial charge in [0, 0.05) is 60.3 Å². The van der Waals surface area contributed by atoms with Crippen LogP contribution in [-0.2, 0) is 0 Å². The van der Waals surface area contributed by atoms with Crippen LogP contribution in [0.5, 0.6) is 0 Å². The first-order valence-corrected chi connectivity index (χ1v) is 7.85. The van der Waals surface area contributed by atoms with Gasteiger partial charge in [-0.15, -0.1) is 0 Å². The number of pyridine rings is 2. The molecule has 0 saturated heterocycles. The molecule has 0 radical (unpaired) electrons. The van der Waals surface area contributed by atoms with Crippen molar-refractivity contribution >= 4 is 34.1 Å². The van der Waals surface area contributed by atoms with E-state index in [9.17, 15) is 0 Å². The van der Waals surface area contributed by atoms with Crippen molar-refractivity contribution in [1.82, 2.24) is 15.3 Å². The maximum absolute atomic E-state index is 7.56. The fourth-order valence-corrected chi connectivity index (χ4v) is 2.53. The van der Waals surface area contributed by atoms with Crippen molar-refractivity contribution in [2.45, 2.75) is 0 Å². The number of hydrogen-bond donors (Lipinski definition) is 3. The van der Waals surface area contributed by atoms with Crippen molar-refractivity contribution in [3.63, 3.8) is 0 Å². The van der Waals surface area contributed by atoms with Crippen LogP contribution in [0.1, 0.15) is 11.1 Å². The maximum atomic E-state index is 7.56. The monoisotopic (exact) mass is 329 g/mol. The van der Waals surface area contributed by atoms with Crippen molar-refractivity contribution in [2.75, 3.05) is 12.4 Å². The highest BCUT2D eigenvalue weighted by Gasteiger charge is 2.04. The zero-order valence-electron chi connectivity index (χ0n) is 14.0. The average Bonchev–Trinajstić information content (AvgIpc) is 2.66. The Kier molecular flexibility index (Phi) is 4.85. The van der Waals surface area contributed by atoms with Crippen LogP contribution < -0.4 is 10.6 Å². The third kappa shape index (κ3) is 3.72. The van der Waals surface area contributed by atoms with Gasteiger partial charge in [0.1, 0.15) is 5.82 Å². The number of benzene rings is 1. The lowest BCUT2D eigenvalue weighted by Gasteiger charge is -2.10. The molecule has 1 aromatic carbocycles. The van der Waals surface area contributed by atoms with E-state index in [2.05, 4.69) is 27.2 Å². The van der Waals surface area contributed by atoms with Crippen LogP contribution in [0.4, 0.5) is 5.82 Å². The SMILES string of the molecule is C=C(Nc1cc2cc(/C(C=N)=C/NC)ccc2cn1)c1ccncc1. The van der Waals surface area contributed by atoms with Crippen molar-refractivity contribution in [1.29, 1.82) is 5.41 Å². The summed E-state index contributed by atoms with van der Waals surface area (Å²) in [5, 5.41) is 15.8. The Hall–Kier alpha value is -3.47. The summed E-state index contributed by atoms with van der Waals surface area (Å²) in [6, 6.07) is 11.8. The zero-order chi connectivity index (χ0) is 17.6. The summed E-state index contributed by atoms with van der Waals surface area (Å²) in [4.78, 5) is 8.46. The molecule has 3 rings (SSSR count). The molecule has 0 spiro atoms. The largest absolute Gasteiger partial charge is 0.393 e. The van der Waals surface area contributed by atoms with Crippen LogP contribution in [0.15, 0.2) is 67.8 Å². The van der Waals surface area contributed by atoms with Crippen molar-refractivity contribution in [3.05, 3.63) is 78.9 Å². The molecule has 5 nitrogen and oxygen atoms in total. The minimum Gasteiger partial charge on any atom is -0.393 e. The molecule has 124 valence electrons. The second-order valence-corrected chi connectivity index (χ2v) is 5.50. The highest BCUT2D eigenvalue weighted by atomic mass is 15.0. The summed E-state index contributed by atoms with van der Waals surface area (Å²) >= 11 is 0. The molecular weight excluding hydrogens is 310 g/mol. The van der Waals surface area contributed by atoms with E-state index in [4.69, 9.17) is 5.41 Å². The molecule has 0 atom stereocenters. The first-order chi connectivity index (χ1) is 12.2. The number of nitrogens with one attached hydrogen (secondary N) is 3. The summed E-state index contributed by atoms with van der Waals surface area (Å²) in [5.41, 5.74) is 3.52. The molecule has 5 heteroatoms. The Morgan fingerprint density at radius 1 is 1.08 bits per heavy atom. The predicted octanol–water partition coefficient (Wildman–Crippen LogP) is 3.92. The molecule has 0 aliphatic rings. The topological polar surface area (TPSA) is 73.7 Å². The van der Waals surface area contributed by atoms with Crippen LogP contribution in [0.3, 0.4) is 0 Å². The van der Waals surface area contributed by atoms with Gasteiger partial charge in [0.2, 0.25) is 0 Å². The zero-order valence-corrected chi connectivity index (χ0v) is 14.0. The summed E-state index contributed by atoms with van der Waals surface area (Å²) in [5.74, 6) is 0.723. The third-order valence-corrected chi connectivity index (χ3v) is 3.82. The lowest BCUT2D eigenvalue weighted by molar-refractivity contribution is 1.11. The van der Waals surface area contributed by atoms with Gasteiger partial charge >= 0.3 is 0 Å². The van der Waals surface area contributed by atoms with Crippen molar-refractivity contribution < 1.29 is 0 Å². The van der Waals surface area contributed by atoms with Crippen molar-refractivity contribution in [2.24, 2.45) is 0 Å². The molecule has 25 heavy (non-hydrogen) atoms. The number of aromatic nitrogens is 2. The van der Waals surface area contributed by atoms with E-state index in [0.717, 1.165) is 39.0 Å². The second-order valence-electron chi connectivity index (χ2n) is 5.50. The van der Waals surface area contributed by atoms with Crippen molar-refractivity contribution in [3.8, 4) is 0 Å². The van der Waals surface area contributed by atoms with Crippen LogP contribution in [0, 0.1) is 5.41 Å². The maximum Gasteiger partial charge on any atom is 0.130 e. The highest BCUT2D eigenvalue weighted by Crippen LogP contribution is 2.23. The first kappa shape index (κ1) is 16.4. The third-order valence-electron chi connectivity index (χ3n) is 3.82. The fourth-order valence-electron chi connectivity index (χ4n) is 2.53. The predicted molar refractivity (Wildman–Crippen MR) is 104 cm³/mol. The molecule has 2 aromatic heterocycles. The molecule has 0 fully saturated rings. The van der Waals surface area contributed by atoms with Crippen LogP contribution >= 0.6 is 0 Å². The minimum absolute atomic E-state index is 0.723. The van der Waals surface area contributed by atoms with E-state index >= 15 is 0 Å². The molecule has 3 N–H and O–H groups in total. The molecule has 0 amide bonds. The highest BCUT2D eigenvalue weighted by molar-refractivity contribution is 6.09. The van der Waals surface area contributed by atoms with Crippen LogP contribution in [-0.4, -0.2) is 23.2 Å². The molecule has 0 aliphatic heterocycles. The number of hydrogen-bond acceptors (Lipinski definition) is 5. The molecule has 3 aromatic rings. The Morgan fingerprint density at radius 3 is 2.60 bits per heavy atom. The summed E-state index contributed by atoms with van der Waals surface area (Å²) < 4.78 is 0. The van der Waals surface area contributed by atoms with Crippen LogP contribution in [0.25, 0.3) is 22.0 Å². The molecular formula is C20H19N5. The van der Waals surface area contributed by atoms with Gasteiger partial charge in [0.25, 0.3) is 0 Å². The van der Waals surface area contributed by atoms with E-state index in [0.29, 0.717) is 0 Å². The number of rotatable bonds is 6. The fraction of sp³-hybridized carbons (Fsp3) is 0.0500. The quantitative estimate of drug-likeness (QED) is 0.599.